The minimum Gasteiger partial charge on any atom is -0.292 e. The van der Waals surface area contributed by atoms with E-state index in [9.17, 15) is 4.79 Å². The van der Waals surface area contributed by atoms with E-state index in [0.29, 0.717) is 11.6 Å². The predicted molar refractivity (Wildman–Crippen MR) is 87.0 cm³/mol. The van der Waals surface area contributed by atoms with Crippen molar-refractivity contribution >= 4 is 17.7 Å². The quantitative estimate of drug-likeness (QED) is 0.758. The van der Waals surface area contributed by atoms with Crippen LogP contribution in [0.4, 0.5) is 16.4 Å². The number of rotatable bonds is 5. The highest BCUT2D eigenvalue weighted by Crippen LogP contribution is 2.06. The van der Waals surface area contributed by atoms with E-state index in [0.717, 1.165) is 13.0 Å². The fraction of sp³-hybridized carbons (Fsp3) is 0.125. The normalized spacial score (nSPS) is 10.3. The topological polar surface area (TPSA) is 84.7 Å². The molecule has 0 atom stereocenters. The lowest BCUT2D eigenvalue weighted by Crippen LogP contribution is -2.20. The Morgan fingerprint density at radius 2 is 1.83 bits per heavy atom. The Morgan fingerprint density at radius 1 is 1.00 bits per heavy atom. The molecular formula is C16H16N6O. The minimum atomic E-state index is -0.372. The maximum atomic E-state index is 11.9. The molecule has 0 unspecified atom stereocenters. The SMILES string of the molecule is O=C(Nc1ccccn1)Nc1ccn(CCc2ccncc2)n1. The van der Waals surface area contributed by atoms with Crippen molar-refractivity contribution in [2.75, 3.05) is 10.6 Å². The lowest BCUT2D eigenvalue weighted by Gasteiger charge is -2.04. The molecule has 2 amide bonds. The zero-order valence-corrected chi connectivity index (χ0v) is 12.4. The molecule has 0 aromatic carbocycles. The average molecular weight is 308 g/mol. The highest BCUT2D eigenvalue weighted by molar-refractivity contribution is 5.98. The van der Waals surface area contributed by atoms with Crippen LogP contribution >= 0.6 is 0 Å². The first-order valence-corrected chi connectivity index (χ1v) is 7.21. The Bertz CT molecular complexity index is 757. The van der Waals surface area contributed by atoms with E-state index in [1.165, 1.54) is 5.56 Å². The summed E-state index contributed by atoms with van der Waals surface area (Å²) in [5, 5.41) is 9.63. The summed E-state index contributed by atoms with van der Waals surface area (Å²) in [4.78, 5) is 19.9. The zero-order chi connectivity index (χ0) is 15.9. The van der Waals surface area contributed by atoms with Gasteiger partial charge in [0, 0.05) is 37.4 Å². The third-order valence-corrected chi connectivity index (χ3v) is 3.17. The monoisotopic (exact) mass is 308 g/mol. The smallest absolute Gasteiger partial charge is 0.292 e. The van der Waals surface area contributed by atoms with Crippen LogP contribution in [0.5, 0.6) is 0 Å². The van der Waals surface area contributed by atoms with Gasteiger partial charge < -0.3 is 0 Å². The number of carbonyl (C=O) groups is 1. The number of amides is 2. The van der Waals surface area contributed by atoms with E-state index in [-0.39, 0.29) is 6.03 Å². The number of nitrogens with one attached hydrogen (secondary N) is 2. The molecule has 3 aromatic rings. The average Bonchev–Trinajstić information content (AvgIpc) is 3.02. The number of pyridine rings is 2. The van der Waals surface area contributed by atoms with Crippen LogP contribution in [0, 0.1) is 0 Å². The number of hydrogen-bond donors (Lipinski definition) is 2. The van der Waals surface area contributed by atoms with Crippen molar-refractivity contribution in [2.24, 2.45) is 0 Å². The van der Waals surface area contributed by atoms with Gasteiger partial charge in [-0.3, -0.25) is 20.3 Å². The number of aryl methyl sites for hydroxylation is 2. The molecule has 0 radical (unpaired) electrons. The summed E-state index contributed by atoms with van der Waals surface area (Å²) < 4.78 is 1.79. The molecule has 0 fully saturated rings. The molecule has 23 heavy (non-hydrogen) atoms. The largest absolute Gasteiger partial charge is 0.326 e. The highest BCUT2D eigenvalue weighted by Gasteiger charge is 2.05. The van der Waals surface area contributed by atoms with Gasteiger partial charge in [0.15, 0.2) is 5.82 Å². The van der Waals surface area contributed by atoms with Gasteiger partial charge in [-0.2, -0.15) is 5.10 Å². The number of anilines is 2. The van der Waals surface area contributed by atoms with Gasteiger partial charge in [-0.15, -0.1) is 0 Å². The molecular weight excluding hydrogens is 292 g/mol. The molecule has 2 N–H and O–H groups in total. The number of nitrogens with zero attached hydrogens (tertiary/aromatic N) is 4. The fourth-order valence-corrected chi connectivity index (χ4v) is 2.05. The highest BCUT2D eigenvalue weighted by atomic mass is 16.2. The van der Waals surface area contributed by atoms with E-state index < -0.39 is 0 Å². The Labute approximate surface area is 133 Å². The number of hydrogen-bond acceptors (Lipinski definition) is 4. The summed E-state index contributed by atoms with van der Waals surface area (Å²) in [5.41, 5.74) is 1.19. The van der Waals surface area contributed by atoms with Gasteiger partial charge in [-0.05, 0) is 36.2 Å². The van der Waals surface area contributed by atoms with Crippen LogP contribution in [-0.4, -0.2) is 25.8 Å². The Balaban J connectivity index is 1.52. The molecule has 3 rings (SSSR count). The maximum Gasteiger partial charge on any atom is 0.326 e. The Hall–Kier alpha value is -3.22. The van der Waals surface area contributed by atoms with Crippen LogP contribution in [0.25, 0.3) is 0 Å². The van der Waals surface area contributed by atoms with E-state index in [1.807, 2.05) is 18.3 Å². The number of carbonyl (C=O) groups excluding carboxylic acids is 1. The van der Waals surface area contributed by atoms with Crippen molar-refractivity contribution in [3.63, 3.8) is 0 Å². The lowest BCUT2D eigenvalue weighted by atomic mass is 10.2. The molecule has 0 saturated heterocycles. The van der Waals surface area contributed by atoms with Crippen LogP contribution in [-0.2, 0) is 13.0 Å². The van der Waals surface area contributed by atoms with E-state index in [1.54, 1.807) is 47.5 Å². The standard InChI is InChI=1S/C16H16N6O/c23-16(19-14-3-1-2-8-18-14)20-15-7-12-22(21-15)11-6-13-4-9-17-10-5-13/h1-5,7-10,12H,6,11H2,(H2,18,19,20,21,23). The second-order valence-electron chi connectivity index (χ2n) is 4.86. The molecule has 0 aliphatic rings. The van der Waals surface area contributed by atoms with Gasteiger partial charge in [0.25, 0.3) is 0 Å². The lowest BCUT2D eigenvalue weighted by molar-refractivity contribution is 0.262. The first-order valence-electron chi connectivity index (χ1n) is 7.21. The van der Waals surface area contributed by atoms with E-state index in [2.05, 4.69) is 25.7 Å². The molecule has 0 aliphatic carbocycles. The van der Waals surface area contributed by atoms with Crippen molar-refractivity contribution in [1.82, 2.24) is 19.7 Å². The van der Waals surface area contributed by atoms with E-state index in [4.69, 9.17) is 0 Å². The Kier molecular flexibility index (Phi) is 4.58. The second kappa shape index (κ2) is 7.17. The molecule has 3 heterocycles. The summed E-state index contributed by atoms with van der Waals surface area (Å²) in [5.74, 6) is 0.982. The van der Waals surface area contributed by atoms with Gasteiger partial charge >= 0.3 is 6.03 Å². The predicted octanol–water partition coefficient (Wildman–Crippen LogP) is 2.56. The Morgan fingerprint density at radius 3 is 2.61 bits per heavy atom. The van der Waals surface area contributed by atoms with Gasteiger partial charge in [0.1, 0.15) is 5.82 Å². The molecule has 0 saturated carbocycles. The number of urea groups is 1. The first kappa shape index (κ1) is 14.7. The summed E-state index contributed by atoms with van der Waals surface area (Å²) in [6.07, 6.45) is 7.84. The second-order valence-corrected chi connectivity index (χ2v) is 4.86. The van der Waals surface area contributed by atoms with Crippen LogP contribution < -0.4 is 10.6 Å². The summed E-state index contributed by atoms with van der Waals surface area (Å²) in [7, 11) is 0. The molecule has 0 spiro atoms. The van der Waals surface area contributed by atoms with Crippen LogP contribution in [0.2, 0.25) is 0 Å². The third-order valence-electron chi connectivity index (χ3n) is 3.17. The number of aromatic nitrogens is 4. The van der Waals surface area contributed by atoms with Gasteiger partial charge in [0.05, 0.1) is 0 Å². The van der Waals surface area contributed by atoms with Crippen molar-refractivity contribution in [1.29, 1.82) is 0 Å². The molecule has 116 valence electrons. The van der Waals surface area contributed by atoms with Crippen molar-refractivity contribution in [3.05, 3.63) is 66.7 Å². The summed E-state index contributed by atoms with van der Waals surface area (Å²) in [6, 6.07) is 10.6. The van der Waals surface area contributed by atoms with Crippen LogP contribution in [0.3, 0.4) is 0 Å². The van der Waals surface area contributed by atoms with Gasteiger partial charge in [0.2, 0.25) is 0 Å². The molecule has 3 aromatic heterocycles. The zero-order valence-electron chi connectivity index (χ0n) is 12.4. The van der Waals surface area contributed by atoms with Crippen molar-refractivity contribution in [2.45, 2.75) is 13.0 Å². The third kappa shape index (κ3) is 4.37. The first-order chi connectivity index (χ1) is 11.3. The van der Waals surface area contributed by atoms with Crippen LogP contribution in [0.15, 0.2) is 61.2 Å². The molecule has 7 heteroatoms. The van der Waals surface area contributed by atoms with E-state index >= 15 is 0 Å². The van der Waals surface area contributed by atoms with Gasteiger partial charge in [-0.1, -0.05) is 6.07 Å². The van der Waals surface area contributed by atoms with Crippen LogP contribution in [0.1, 0.15) is 5.56 Å². The summed E-state index contributed by atoms with van der Waals surface area (Å²) in [6.45, 7) is 0.730. The molecule has 0 aliphatic heterocycles. The summed E-state index contributed by atoms with van der Waals surface area (Å²) >= 11 is 0. The maximum absolute atomic E-state index is 11.9. The minimum absolute atomic E-state index is 0.372. The molecule has 7 nitrogen and oxygen atoms in total. The molecule has 0 bridgehead atoms. The fourth-order valence-electron chi connectivity index (χ4n) is 2.05. The van der Waals surface area contributed by atoms with Crippen molar-refractivity contribution in [3.8, 4) is 0 Å². The van der Waals surface area contributed by atoms with Gasteiger partial charge in [-0.25, -0.2) is 9.78 Å². The van der Waals surface area contributed by atoms with Crippen molar-refractivity contribution < 1.29 is 4.79 Å².